The molecule has 1 saturated carbocycles. The van der Waals surface area contributed by atoms with Crippen LogP contribution < -0.4 is 5.73 Å². The Labute approximate surface area is 156 Å². The second-order valence-electron chi connectivity index (χ2n) is 6.80. The molecule has 2 N–H and O–H groups in total. The van der Waals surface area contributed by atoms with E-state index in [1.165, 1.54) is 25.7 Å². The maximum atomic E-state index is 12.5. The number of nitrogens with zero attached hydrogens (tertiary/aromatic N) is 2. The van der Waals surface area contributed by atoms with Crippen LogP contribution in [0.15, 0.2) is 0 Å². The maximum Gasteiger partial charge on any atom is 0.239 e. The van der Waals surface area contributed by atoms with E-state index < -0.39 is 6.04 Å². The van der Waals surface area contributed by atoms with E-state index in [0.29, 0.717) is 25.4 Å². The van der Waals surface area contributed by atoms with Crippen molar-refractivity contribution in [2.75, 3.05) is 38.2 Å². The van der Waals surface area contributed by atoms with Crippen molar-refractivity contribution in [2.45, 2.75) is 51.0 Å². The monoisotopic (exact) mass is 377 g/mol. The summed E-state index contributed by atoms with van der Waals surface area (Å²) in [7, 11) is 0. The second kappa shape index (κ2) is 11.2. The first-order valence-corrected chi connectivity index (χ1v) is 10.3. The summed E-state index contributed by atoms with van der Waals surface area (Å²) in [6, 6.07) is -0.400. The fourth-order valence-corrected chi connectivity index (χ4v) is 4.07. The van der Waals surface area contributed by atoms with Crippen molar-refractivity contribution in [3.8, 4) is 0 Å². The Morgan fingerprint density at radius 3 is 2.38 bits per heavy atom. The van der Waals surface area contributed by atoms with Gasteiger partial charge in [-0.1, -0.05) is 12.8 Å². The summed E-state index contributed by atoms with van der Waals surface area (Å²) < 4.78 is 0. The van der Waals surface area contributed by atoms with Gasteiger partial charge in [-0.3, -0.25) is 9.59 Å². The number of hydrogen-bond donors (Lipinski definition) is 1. The van der Waals surface area contributed by atoms with Crippen LogP contribution >= 0.6 is 24.2 Å². The Bertz CT molecular complexity index is 405. The van der Waals surface area contributed by atoms with E-state index in [-0.39, 0.29) is 24.2 Å². The van der Waals surface area contributed by atoms with Crippen LogP contribution in [0.5, 0.6) is 0 Å². The molecule has 0 aromatic heterocycles. The van der Waals surface area contributed by atoms with Gasteiger partial charge in [-0.25, -0.2) is 0 Å². The third-order valence-corrected chi connectivity index (χ3v) is 5.69. The lowest BCUT2D eigenvalue weighted by atomic mass is 10.0. The molecule has 140 valence electrons. The van der Waals surface area contributed by atoms with Crippen LogP contribution in [0, 0.1) is 5.92 Å². The highest BCUT2D eigenvalue weighted by Crippen LogP contribution is 2.28. The van der Waals surface area contributed by atoms with E-state index >= 15 is 0 Å². The topological polar surface area (TPSA) is 66.6 Å². The van der Waals surface area contributed by atoms with Crippen LogP contribution in [0.1, 0.15) is 44.9 Å². The largest absolute Gasteiger partial charge is 0.341 e. The third kappa shape index (κ3) is 6.45. The summed E-state index contributed by atoms with van der Waals surface area (Å²) in [6.07, 6.45) is 9.25. The molecule has 2 amide bonds. The van der Waals surface area contributed by atoms with Gasteiger partial charge in [-0.05, 0) is 43.6 Å². The zero-order valence-electron chi connectivity index (χ0n) is 14.7. The number of carbonyl (C=O) groups excluding carboxylic acids is 2. The molecule has 1 aliphatic heterocycles. The molecule has 24 heavy (non-hydrogen) atoms. The molecule has 2 fully saturated rings. The van der Waals surface area contributed by atoms with Gasteiger partial charge >= 0.3 is 0 Å². The van der Waals surface area contributed by atoms with E-state index in [0.717, 1.165) is 31.7 Å². The number of thioether (sulfide) groups is 1. The molecule has 0 aromatic carbocycles. The van der Waals surface area contributed by atoms with Gasteiger partial charge in [0.05, 0.1) is 6.04 Å². The average Bonchev–Trinajstić information content (AvgIpc) is 2.93. The van der Waals surface area contributed by atoms with E-state index in [2.05, 4.69) is 0 Å². The number of carbonyl (C=O) groups is 2. The van der Waals surface area contributed by atoms with E-state index in [1.54, 1.807) is 11.8 Å². The van der Waals surface area contributed by atoms with Gasteiger partial charge in [-0.15, -0.1) is 12.4 Å². The molecule has 0 spiro atoms. The first-order chi connectivity index (χ1) is 11.1. The fraction of sp³-hybridized carbons (Fsp3) is 0.882. The highest BCUT2D eigenvalue weighted by atomic mass is 35.5. The van der Waals surface area contributed by atoms with Gasteiger partial charge in [0, 0.05) is 32.6 Å². The fourth-order valence-electron chi connectivity index (χ4n) is 3.58. The van der Waals surface area contributed by atoms with Crippen molar-refractivity contribution in [3.63, 3.8) is 0 Å². The minimum Gasteiger partial charge on any atom is -0.341 e. The SMILES string of the molecule is CSCC[C@H](N)C(=O)N1CCCN(C(=O)CC2CCCC2)CC1.Cl. The van der Waals surface area contributed by atoms with Crippen molar-refractivity contribution in [2.24, 2.45) is 11.7 Å². The zero-order valence-corrected chi connectivity index (χ0v) is 16.4. The second-order valence-corrected chi connectivity index (χ2v) is 7.79. The summed E-state index contributed by atoms with van der Waals surface area (Å²) in [6.45, 7) is 2.78. The van der Waals surface area contributed by atoms with Crippen LogP contribution in [0.4, 0.5) is 0 Å². The Morgan fingerprint density at radius 1 is 1.08 bits per heavy atom. The van der Waals surface area contributed by atoms with Crippen LogP contribution in [-0.2, 0) is 9.59 Å². The molecule has 5 nitrogen and oxygen atoms in total. The maximum absolute atomic E-state index is 12.5. The quantitative estimate of drug-likeness (QED) is 0.770. The summed E-state index contributed by atoms with van der Waals surface area (Å²) in [4.78, 5) is 28.7. The zero-order chi connectivity index (χ0) is 16.7. The molecule has 2 rings (SSSR count). The van der Waals surface area contributed by atoms with E-state index in [9.17, 15) is 9.59 Å². The first-order valence-electron chi connectivity index (χ1n) is 8.93. The van der Waals surface area contributed by atoms with E-state index in [4.69, 9.17) is 5.73 Å². The molecule has 2 aliphatic rings. The summed E-state index contributed by atoms with van der Waals surface area (Å²) in [5.74, 6) is 1.82. The Balaban J connectivity index is 0.00000288. The molecule has 0 unspecified atom stereocenters. The predicted molar refractivity (Wildman–Crippen MR) is 103 cm³/mol. The minimum atomic E-state index is -0.400. The lowest BCUT2D eigenvalue weighted by molar-refractivity contribution is -0.134. The van der Waals surface area contributed by atoms with Crippen LogP contribution in [-0.4, -0.2) is 65.8 Å². The number of halogens is 1. The van der Waals surface area contributed by atoms with Crippen molar-refractivity contribution in [1.82, 2.24) is 9.80 Å². The Kier molecular flexibility index (Phi) is 10.1. The number of hydrogen-bond acceptors (Lipinski definition) is 4. The van der Waals surface area contributed by atoms with Gasteiger partial charge in [-0.2, -0.15) is 11.8 Å². The molecule has 0 radical (unpaired) electrons. The molecule has 1 aliphatic carbocycles. The molecule has 1 heterocycles. The average molecular weight is 378 g/mol. The molecule has 0 bridgehead atoms. The first kappa shape index (κ1) is 21.6. The van der Waals surface area contributed by atoms with Gasteiger partial charge in [0.2, 0.25) is 11.8 Å². The van der Waals surface area contributed by atoms with E-state index in [1.807, 2.05) is 16.1 Å². The normalized spacial score (nSPS) is 20.4. The van der Waals surface area contributed by atoms with Crippen LogP contribution in [0.25, 0.3) is 0 Å². The summed E-state index contributed by atoms with van der Waals surface area (Å²) in [5.41, 5.74) is 6.00. The lowest BCUT2D eigenvalue weighted by Gasteiger charge is -2.25. The van der Waals surface area contributed by atoms with Gasteiger partial charge in [0.1, 0.15) is 0 Å². The van der Waals surface area contributed by atoms with Gasteiger partial charge in [0.25, 0.3) is 0 Å². The van der Waals surface area contributed by atoms with Crippen molar-refractivity contribution in [3.05, 3.63) is 0 Å². The summed E-state index contributed by atoms with van der Waals surface area (Å²) >= 11 is 1.71. The molecular formula is C17H32ClN3O2S. The molecular weight excluding hydrogens is 346 g/mol. The highest BCUT2D eigenvalue weighted by molar-refractivity contribution is 7.98. The van der Waals surface area contributed by atoms with Crippen molar-refractivity contribution < 1.29 is 9.59 Å². The lowest BCUT2D eigenvalue weighted by Crippen LogP contribution is -2.45. The number of amides is 2. The minimum absolute atomic E-state index is 0. The summed E-state index contributed by atoms with van der Waals surface area (Å²) in [5, 5.41) is 0. The number of nitrogens with two attached hydrogens (primary N) is 1. The smallest absolute Gasteiger partial charge is 0.239 e. The van der Waals surface area contributed by atoms with Crippen molar-refractivity contribution in [1.29, 1.82) is 0 Å². The predicted octanol–water partition coefficient (Wildman–Crippen LogP) is 2.13. The van der Waals surface area contributed by atoms with Gasteiger partial charge < -0.3 is 15.5 Å². The highest BCUT2D eigenvalue weighted by Gasteiger charge is 2.27. The Morgan fingerprint density at radius 2 is 1.71 bits per heavy atom. The molecule has 0 aromatic rings. The van der Waals surface area contributed by atoms with Gasteiger partial charge in [0.15, 0.2) is 0 Å². The van der Waals surface area contributed by atoms with Crippen LogP contribution in [0.3, 0.4) is 0 Å². The standard InChI is InChI=1S/C17H31N3O2S.ClH/c1-23-12-7-15(18)17(22)20-9-4-8-19(10-11-20)16(21)13-14-5-2-3-6-14;/h14-15H,2-13,18H2,1H3;1H/t15-;/m0./s1. The Hall–Kier alpha value is -0.460. The third-order valence-electron chi connectivity index (χ3n) is 5.05. The molecule has 7 heteroatoms. The van der Waals surface area contributed by atoms with Crippen LogP contribution in [0.2, 0.25) is 0 Å². The molecule has 1 saturated heterocycles. The number of rotatable bonds is 6. The van der Waals surface area contributed by atoms with Crippen molar-refractivity contribution >= 4 is 36.0 Å². The molecule has 1 atom stereocenters.